The van der Waals surface area contributed by atoms with Gasteiger partial charge in [-0.3, -0.25) is 0 Å². The van der Waals surface area contributed by atoms with Gasteiger partial charge in [0.05, 0.1) is 0 Å². The van der Waals surface area contributed by atoms with Gasteiger partial charge in [-0.25, -0.2) is 8.78 Å². The molecule has 1 aromatic carbocycles. The molecule has 0 saturated carbocycles. The molecule has 1 nitrogen and oxygen atoms in total. The fourth-order valence-electron chi connectivity index (χ4n) is 2.05. The maximum Gasteiger partial charge on any atom is 0.130 e. The van der Waals surface area contributed by atoms with E-state index in [9.17, 15) is 8.78 Å². The molecule has 0 radical (unpaired) electrons. The van der Waals surface area contributed by atoms with Gasteiger partial charge in [0.25, 0.3) is 0 Å². The second-order valence-electron chi connectivity index (χ2n) is 6.27. The lowest BCUT2D eigenvalue weighted by atomic mass is 9.87. The van der Waals surface area contributed by atoms with E-state index in [4.69, 9.17) is 0 Å². The first-order valence-corrected chi connectivity index (χ1v) is 7.02. The SMILES string of the molecule is CCCNC(CCC(C)(C)C)c1ccc(F)cc1F. The van der Waals surface area contributed by atoms with Crippen LogP contribution in [0.15, 0.2) is 18.2 Å². The summed E-state index contributed by atoms with van der Waals surface area (Å²) in [6, 6.07) is 3.81. The number of rotatable bonds is 6. The molecule has 0 saturated heterocycles. The maximum absolute atomic E-state index is 13.9. The summed E-state index contributed by atoms with van der Waals surface area (Å²) in [6.45, 7) is 9.43. The highest BCUT2D eigenvalue weighted by Crippen LogP contribution is 2.28. The summed E-state index contributed by atoms with van der Waals surface area (Å²) in [7, 11) is 0. The van der Waals surface area contributed by atoms with Gasteiger partial charge >= 0.3 is 0 Å². The van der Waals surface area contributed by atoms with Crippen molar-refractivity contribution in [2.75, 3.05) is 6.54 Å². The van der Waals surface area contributed by atoms with Crippen LogP contribution in [0.25, 0.3) is 0 Å². The predicted molar refractivity (Wildman–Crippen MR) is 76.1 cm³/mol. The van der Waals surface area contributed by atoms with Crippen LogP contribution in [-0.4, -0.2) is 6.54 Å². The van der Waals surface area contributed by atoms with E-state index in [1.165, 1.54) is 6.07 Å². The molecule has 0 fully saturated rings. The van der Waals surface area contributed by atoms with Crippen molar-refractivity contribution >= 4 is 0 Å². The molecule has 1 N–H and O–H groups in total. The summed E-state index contributed by atoms with van der Waals surface area (Å²) in [5.41, 5.74) is 0.780. The first-order valence-electron chi connectivity index (χ1n) is 7.02. The number of hydrogen-bond acceptors (Lipinski definition) is 1. The molecule has 0 heterocycles. The lowest BCUT2D eigenvalue weighted by Gasteiger charge is -2.24. The van der Waals surface area contributed by atoms with Gasteiger partial charge in [-0.2, -0.15) is 0 Å². The second kappa shape index (κ2) is 6.99. The van der Waals surface area contributed by atoms with Gasteiger partial charge in [0.2, 0.25) is 0 Å². The van der Waals surface area contributed by atoms with Crippen molar-refractivity contribution in [2.45, 2.75) is 53.0 Å². The first kappa shape index (κ1) is 16.1. The average molecular weight is 269 g/mol. The number of hydrogen-bond donors (Lipinski definition) is 1. The molecule has 0 aliphatic rings. The van der Waals surface area contributed by atoms with E-state index in [-0.39, 0.29) is 11.5 Å². The molecule has 19 heavy (non-hydrogen) atoms. The summed E-state index contributed by atoms with van der Waals surface area (Å²) in [5.74, 6) is -0.978. The molecule has 108 valence electrons. The number of benzene rings is 1. The minimum absolute atomic E-state index is 0.0419. The third-order valence-electron chi connectivity index (χ3n) is 3.16. The van der Waals surface area contributed by atoms with Crippen molar-refractivity contribution in [2.24, 2.45) is 5.41 Å². The Morgan fingerprint density at radius 3 is 2.42 bits per heavy atom. The molecule has 0 bridgehead atoms. The Hall–Kier alpha value is -0.960. The average Bonchev–Trinajstić information content (AvgIpc) is 2.29. The number of halogens is 2. The van der Waals surface area contributed by atoms with Crippen molar-refractivity contribution in [3.63, 3.8) is 0 Å². The normalized spacial score (nSPS) is 13.6. The molecule has 0 aromatic heterocycles. The predicted octanol–water partition coefficient (Wildman–Crippen LogP) is 4.83. The van der Waals surface area contributed by atoms with E-state index in [2.05, 4.69) is 33.0 Å². The highest BCUT2D eigenvalue weighted by atomic mass is 19.1. The third-order valence-corrected chi connectivity index (χ3v) is 3.16. The van der Waals surface area contributed by atoms with Crippen LogP contribution >= 0.6 is 0 Å². The fraction of sp³-hybridized carbons (Fsp3) is 0.625. The van der Waals surface area contributed by atoms with Gasteiger partial charge in [-0.05, 0) is 37.3 Å². The molecule has 0 spiro atoms. The van der Waals surface area contributed by atoms with Gasteiger partial charge < -0.3 is 5.32 Å². The molecule has 0 amide bonds. The van der Waals surface area contributed by atoms with E-state index >= 15 is 0 Å². The van der Waals surface area contributed by atoms with Crippen LogP contribution < -0.4 is 5.32 Å². The Morgan fingerprint density at radius 2 is 1.89 bits per heavy atom. The van der Waals surface area contributed by atoms with Crippen molar-refractivity contribution in [1.29, 1.82) is 0 Å². The van der Waals surface area contributed by atoms with Gasteiger partial charge in [0.1, 0.15) is 11.6 Å². The molecule has 0 aliphatic carbocycles. The Morgan fingerprint density at radius 1 is 1.21 bits per heavy atom. The van der Waals surface area contributed by atoms with Crippen molar-refractivity contribution in [3.05, 3.63) is 35.4 Å². The molecule has 1 aromatic rings. The summed E-state index contributed by atoms with van der Waals surface area (Å²) in [4.78, 5) is 0. The molecule has 1 unspecified atom stereocenters. The Balaban J connectivity index is 2.83. The molecule has 1 rings (SSSR count). The highest BCUT2D eigenvalue weighted by Gasteiger charge is 2.19. The minimum Gasteiger partial charge on any atom is -0.310 e. The smallest absolute Gasteiger partial charge is 0.130 e. The van der Waals surface area contributed by atoms with E-state index in [0.717, 1.165) is 31.9 Å². The molecule has 1 atom stereocenters. The number of nitrogens with one attached hydrogen (secondary N) is 1. The zero-order valence-corrected chi connectivity index (χ0v) is 12.4. The van der Waals surface area contributed by atoms with Crippen molar-refractivity contribution < 1.29 is 8.78 Å². The summed E-state index contributed by atoms with van der Waals surface area (Å²) in [5, 5.41) is 3.36. The van der Waals surface area contributed by atoms with E-state index in [1.54, 1.807) is 6.07 Å². The highest BCUT2D eigenvalue weighted by molar-refractivity contribution is 5.22. The van der Waals surface area contributed by atoms with Gasteiger partial charge in [0.15, 0.2) is 0 Å². The summed E-state index contributed by atoms with van der Waals surface area (Å²) >= 11 is 0. The van der Waals surface area contributed by atoms with E-state index < -0.39 is 11.6 Å². The van der Waals surface area contributed by atoms with Crippen molar-refractivity contribution in [1.82, 2.24) is 5.32 Å². The Bertz CT molecular complexity index is 396. The van der Waals surface area contributed by atoms with Gasteiger partial charge in [0, 0.05) is 17.7 Å². The zero-order valence-electron chi connectivity index (χ0n) is 12.4. The van der Waals surface area contributed by atoms with Crippen LogP contribution in [0.3, 0.4) is 0 Å². The quantitative estimate of drug-likeness (QED) is 0.779. The monoisotopic (exact) mass is 269 g/mol. The zero-order chi connectivity index (χ0) is 14.5. The standard InChI is InChI=1S/C16H25F2N/c1-5-10-19-15(8-9-16(2,3)4)13-7-6-12(17)11-14(13)18/h6-7,11,15,19H,5,8-10H2,1-4H3. The van der Waals surface area contributed by atoms with Crippen LogP contribution in [0.5, 0.6) is 0 Å². The van der Waals surface area contributed by atoms with Crippen LogP contribution in [0.2, 0.25) is 0 Å². The Labute approximate surface area is 115 Å². The van der Waals surface area contributed by atoms with Crippen LogP contribution in [0.1, 0.15) is 58.6 Å². The van der Waals surface area contributed by atoms with Crippen LogP contribution in [0.4, 0.5) is 8.78 Å². The van der Waals surface area contributed by atoms with Crippen LogP contribution in [-0.2, 0) is 0 Å². The summed E-state index contributed by atoms with van der Waals surface area (Å²) in [6.07, 6.45) is 2.84. The van der Waals surface area contributed by atoms with E-state index in [1.807, 2.05) is 0 Å². The molecule has 0 aliphatic heterocycles. The molecular formula is C16H25F2N. The van der Waals surface area contributed by atoms with Gasteiger partial charge in [-0.1, -0.05) is 33.8 Å². The lowest BCUT2D eigenvalue weighted by molar-refractivity contribution is 0.328. The maximum atomic E-state index is 13.9. The molecular weight excluding hydrogens is 244 g/mol. The second-order valence-corrected chi connectivity index (χ2v) is 6.27. The minimum atomic E-state index is -0.522. The topological polar surface area (TPSA) is 12.0 Å². The third kappa shape index (κ3) is 5.68. The van der Waals surface area contributed by atoms with E-state index in [0.29, 0.717) is 5.56 Å². The van der Waals surface area contributed by atoms with Crippen LogP contribution in [0, 0.1) is 17.0 Å². The fourth-order valence-corrected chi connectivity index (χ4v) is 2.05. The van der Waals surface area contributed by atoms with Crippen molar-refractivity contribution in [3.8, 4) is 0 Å². The largest absolute Gasteiger partial charge is 0.310 e. The summed E-state index contributed by atoms with van der Waals surface area (Å²) < 4.78 is 26.8. The lowest BCUT2D eigenvalue weighted by Crippen LogP contribution is -2.24. The van der Waals surface area contributed by atoms with Gasteiger partial charge in [-0.15, -0.1) is 0 Å². The molecule has 3 heteroatoms. The first-order chi connectivity index (χ1) is 8.83. The Kier molecular flexibility index (Phi) is 5.92.